The first kappa shape index (κ1) is 23.1. The molecule has 2 N–H and O–H groups in total. The van der Waals surface area contributed by atoms with Crippen LogP contribution in [0.5, 0.6) is 11.5 Å². The SMILES string of the molecule is O=C(CCCc1nc2ccccc2s1)N[C@H](CN1CCCC1)[C@H](O)c1ccc2c(c1)OCCO2. The molecule has 0 bridgehead atoms. The molecular weight excluding hydrogens is 450 g/mol. The minimum absolute atomic E-state index is 0.0399. The molecule has 8 heteroatoms. The molecule has 0 spiro atoms. The lowest BCUT2D eigenvalue weighted by Crippen LogP contribution is -2.46. The number of carbonyl (C=O) groups excluding carboxylic acids is 1. The van der Waals surface area contributed by atoms with Crippen LogP contribution in [0.15, 0.2) is 42.5 Å². The molecule has 34 heavy (non-hydrogen) atoms. The van der Waals surface area contributed by atoms with Crippen LogP contribution in [0.25, 0.3) is 10.2 Å². The summed E-state index contributed by atoms with van der Waals surface area (Å²) in [5, 5.41) is 15.4. The van der Waals surface area contributed by atoms with E-state index in [2.05, 4.69) is 21.3 Å². The molecule has 1 fully saturated rings. The predicted molar refractivity (Wildman–Crippen MR) is 133 cm³/mol. The lowest BCUT2D eigenvalue weighted by atomic mass is 10.0. The van der Waals surface area contributed by atoms with E-state index in [1.807, 2.05) is 36.4 Å². The molecule has 180 valence electrons. The molecule has 1 aromatic heterocycles. The molecule has 2 aliphatic heterocycles. The van der Waals surface area contributed by atoms with Gasteiger partial charge in [0.1, 0.15) is 19.3 Å². The third-order valence-electron chi connectivity index (χ3n) is 6.42. The summed E-state index contributed by atoms with van der Waals surface area (Å²) in [7, 11) is 0. The Hall–Kier alpha value is -2.68. The second-order valence-electron chi connectivity index (χ2n) is 8.96. The van der Waals surface area contributed by atoms with Crippen LogP contribution in [0.1, 0.15) is 42.4 Å². The Bertz CT molecular complexity index is 1100. The third kappa shape index (κ3) is 5.51. The van der Waals surface area contributed by atoms with Crippen LogP contribution in [-0.2, 0) is 11.2 Å². The molecule has 2 aliphatic rings. The number of aromatic nitrogens is 1. The van der Waals surface area contributed by atoms with Gasteiger partial charge in [0.05, 0.1) is 21.3 Å². The normalized spacial score (nSPS) is 17.6. The number of fused-ring (bicyclic) bond motifs is 2. The third-order valence-corrected chi connectivity index (χ3v) is 7.52. The number of benzene rings is 2. The second-order valence-corrected chi connectivity index (χ2v) is 10.1. The fourth-order valence-corrected chi connectivity index (χ4v) is 5.66. The van der Waals surface area contributed by atoms with Gasteiger partial charge in [0, 0.05) is 13.0 Å². The van der Waals surface area contributed by atoms with E-state index in [0.717, 1.165) is 54.9 Å². The average molecular weight is 482 g/mol. The molecule has 2 aromatic carbocycles. The first-order chi connectivity index (χ1) is 16.7. The van der Waals surface area contributed by atoms with Gasteiger partial charge in [-0.05, 0) is 68.6 Å². The Balaban J connectivity index is 1.21. The standard InChI is InChI=1S/C26H31N3O4S/c30-24(8-5-9-25-28-19-6-1-2-7-23(19)34-25)27-20(17-29-12-3-4-13-29)26(31)18-10-11-21-22(16-18)33-15-14-32-21/h1-2,6-7,10-11,16,20,26,31H,3-5,8-9,12-15,17H2,(H,27,30)/t20-,26-/m1/s1. The van der Waals surface area contributed by atoms with Gasteiger partial charge in [-0.1, -0.05) is 18.2 Å². The summed E-state index contributed by atoms with van der Waals surface area (Å²) in [6.45, 7) is 3.64. The van der Waals surface area contributed by atoms with Crippen molar-refractivity contribution in [2.75, 3.05) is 32.8 Å². The minimum Gasteiger partial charge on any atom is -0.486 e. The van der Waals surface area contributed by atoms with Crippen molar-refractivity contribution in [2.24, 2.45) is 0 Å². The van der Waals surface area contributed by atoms with Gasteiger partial charge >= 0.3 is 0 Å². The number of aliphatic hydroxyl groups excluding tert-OH is 1. The van der Waals surface area contributed by atoms with Crippen LogP contribution in [-0.4, -0.2) is 59.8 Å². The number of likely N-dealkylation sites (tertiary alicyclic amines) is 1. The van der Waals surface area contributed by atoms with E-state index in [0.29, 0.717) is 37.7 Å². The number of amides is 1. The van der Waals surface area contributed by atoms with Gasteiger partial charge in [0.25, 0.3) is 0 Å². The van der Waals surface area contributed by atoms with E-state index in [1.54, 1.807) is 11.3 Å². The van der Waals surface area contributed by atoms with E-state index in [9.17, 15) is 9.90 Å². The summed E-state index contributed by atoms with van der Waals surface area (Å²) >= 11 is 1.69. The van der Waals surface area contributed by atoms with E-state index in [4.69, 9.17) is 9.47 Å². The van der Waals surface area contributed by atoms with Crippen molar-refractivity contribution < 1.29 is 19.4 Å². The van der Waals surface area contributed by atoms with Crippen molar-refractivity contribution in [3.63, 3.8) is 0 Å². The number of nitrogens with zero attached hydrogens (tertiary/aromatic N) is 2. The molecule has 0 radical (unpaired) electrons. The predicted octanol–water partition coefficient (Wildman–Crippen LogP) is 3.70. The second kappa shape index (κ2) is 10.7. The maximum absolute atomic E-state index is 12.9. The summed E-state index contributed by atoms with van der Waals surface area (Å²) < 4.78 is 12.5. The molecule has 0 unspecified atom stereocenters. The molecule has 3 aromatic rings. The van der Waals surface area contributed by atoms with Crippen molar-refractivity contribution in [1.29, 1.82) is 0 Å². The molecule has 0 saturated carbocycles. The number of rotatable bonds is 9. The van der Waals surface area contributed by atoms with Crippen LogP contribution in [0.3, 0.4) is 0 Å². The number of ether oxygens (including phenoxy) is 2. The molecule has 7 nitrogen and oxygen atoms in total. The quantitative estimate of drug-likeness (QED) is 0.485. The van der Waals surface area contributed by atoms with Crippen molar-refractivity contribution in [1.82, 2.24) is 15.2 Å². The van der Waals surface area contributed by atoms with Crippen LogP contribution < -0.4 is 14.8 Å². The monoisotopic (exact) mass is 481 g/mol. The number of nitrogens with one attached hydrogen (secondary N) is 1. The first-order valence-electron chi connectivity index (χ1n) is 12.1. The molecule has 3 heterocycles. The first-order valence-corrected chi connectivity index (χ1v) is 12.9. The van der Waals surface area contributed by atoms with Crippen LogP contribution in [0.4, 0.5) is 0 Å². The Morgan fingerprint density at radius 1 is 1.12 bits per heavy atom. The van der Waals surface area contributed by atoms with Crippen LogP contribution in [0, 0.1) is 0 Å². The van der Waals surface area contributed by atoms with Gasteiger partial charge in [0.15, 0.2) is 11.5 Å². The van der Waals surface area contributed by atoms with E-state index in [-0.39, 0.29) is 5.91 Å². The zero-order chi connectivity index (χ0) is 23.3. The highest BCUT2D eigenvalue weighted by atomic mass is 32.1. The van der Waals surface area contributed by atoms with Crippen LogP contribution in [0.2, 0.25) is 0 Å². The number of aliphatic hydroxyl groups is 1. The van der Waals surface area contributed by atoms with Gasteiger partial charge in [-0.2, -0.15) is 0 Å². The summed E-state index contributed by atoms with van der Waals surface area (Å²) in [6.07, 6.45) is 3.38. The van der Waals surface area contributed by atoms with Gasteiger partial charge in [-0.3, -0.25) is 4.79 Å². The number of hydrogen-bond donors (Lipinski definition) is 2. The highest BCUT2D eigenvalue weighted by molar-refractivity contribution is 7.18. The van der Waals surface area contributed by atoms with E-state index in [1.165, 1.54) is 4.70 Å². The summed E-state index contributed by atoms with van der Waals surface area (Å²) in [6, 6.07) is 13.2. The highest BCUT2D eigenvalue weighted by Gasteiger charge is 2.27. The van der Waals surface area contributed by atoms with Gasteiger partial charge < -0.3 is 24.8 Å². The number of hydrogen-bond acceptors (Lipinski definition) is 7. The summed E-state index contributed by atoms with van der Waals surface area (Å²) in [5.74, 6) is 1.30. The van der Waals surface area contributed by atoms with Crippen LogP contribution >= 0.6 is 11.3 Å². The van der Waals surface area contributed by atoms with Gasteiger partial charge in [-0.15, -0.1) is 11.3 Å². The Labute approximate surface area is 203 Å². The van der Waals surface area contributed by atoms with Gasteiger partial charge in [0.2, 0.25) is 5.91 Å². The lowest BCUT2D eigenvalue weighted by Gasteiger charge is -2.29. The zero-order valence-corrected chi connectivity index (χ0v) is 20.1. The minimum atomic E-state index is -0.829. The molecule has 1 saturated heterocycles. The number of carbonyl (C=O) groups is 1. The fraction of sp³-hybridized carbons (Fsp3) is 0.462. The van der Waals surface area contributed by atoms with Crippen molar-refractivity contribution in [3.05, 3.63) is 53.0 Å². The number of para-hydroxylation sites is 1. The molecule has 2 atom stereocenters. The van der Waals surface area contributed by atoms with Gasteiger partial charge in [-0.25, -0.2) is 4.98 Å². The average Bonchev–Trinajstić information content (AvgIpc) is 3.52. The number of aryl methyl sites for hydroxylation is 1. The lowest BCUT2D eigenvalue weighted by molar-refractivity contribution is -0.123. The molecule has 5 rings (SSSR count). The molecule has 0 aliphatic carbocycles. The topological polar surface area (TPSA) is 83.9 Å². The summed E-state index contributed by atoms with van der Waals surface area (Å²) in [4.78, 5) is 19.8. The van der Waals surface area contributed by atoms with E-state index >= 15 is 0 Å². The Kier molecular flexibility index (Phi) is 7.27. The zero-order valence-electron chi connectivity index (χ0n) is 19.2. The van der Waals surface area contributed by atoms with E-state index < -0.39 is 12.1 Å². The maximum Gasteiger partial charge on any atom is 0.220 e. The Morgan fingerprint density at radius 2 is 1.91 bits per heavy atom. The molecule has 1 amide bonds. The van der Waals surface area contributed by atoms with Crippen molar-refractivity contribution in [3.8, 4) is 11.5 Å². The Morgan fingerprint density at radius 3 is 2.74 bits per heavy atom. The largest absolute Gasteiger partial charge is 0.486 e. The summed E-state index contributed by atoms with van der Waals surface area (Å²) in [5.41, 5.74) is 1.74. The maximum atomic E-state index is 12.9. The smallest absolute Gasteiger partial charge is 0.220 e. The van der Waals surface area contributed by atoms with Crippen molar-refractivity contribution in [2.45, 2.75) is 44.2 Å². The molecular formula is C26H31N3O4S. The highest BCUT2D eigenvalue weighted by Crippen LogP contribution is 2.33. The fourth-order valence-electron chi connectivity index (χ4n) is 4.65. The number of thiazole rings is 1. The van der Waals surface area contributed by atoms with Crippen molar-refractivity contribution >= 4 is 27.5 Å².